The molecule has 0 spiro atoms. The first-order valence-electron chi connectivity index (χ1n) is 5.60. The third kappa shape index (κ3) is 2.79. The van der Waals surface area contributed by atoms with Crippen molar-refractivity contribution >= 4 is 11.6 Å². The van der Waals surface area contributed by atoms with E-state index in [1.54, 1.807) is 13.0 Å². The van der Waals surface area contributed by atoms with Gasteiger partial charge in [0.05, 0.1) is 5.69 Å². The highest BCUT2D eigenvalue weighted by molar-refractivity contribution is 6.04. The Morgan fingerprint density at radius 2 is 1.55 bits per heavy atom. The van der Waals surface area contributed by atoms with Crippen molar-refractivity contribution in [3.63, 3.8) is 0 Å². The lowest BCUT2D eigenvalue weighted by atomic mass is 10.1. The number of rotatable bonds is 2. The summed E-state index contributed by atoms with van der Waals surface area (Å²) in [6, 6.07) is 5.16. The zero-order chi connectivity index (χ0) is 14.9. The summed E-state index contributed by atoms with van der Waals surface area (Å²) in [5.74, 6) is -6.26. The van der Waals surface area contributed by atoms with E-state index in [2.05, 4.69) is 5.32 Å². The summed E-state index contributed by atoms with van der Waals surface area (Å²) in [6.45, 7) is 1.67. The van der Waals surface area contributed by atoms with Gasteiger partial charge in [-0.2, -0.15) is 0 Å². The molecule has 1 amide bonds. The van der Waals surface area contributed by atoms with E-state index in [4.69, 9.17) is 0 Å². The van der Waals surface area contributed by atoms with Gasteiger partial charge < -0.3 is 5.32 Å². The van der Waals surface area contributed by atoms with Gasteiger partial charge in [-0.15, -0.1) is 0 Å². The van der Waals surface area contributed by atoms with E-state index in [1.165, 1.54) is 12.1 Å². The Morgan fingerprint density at radius 3 is 2.10 bits per heavy atom. The molecule has 2 aromatic rings. The first-order chi connectivity index (χ1) is 9.38. The molecule has 2 rings (SSSR count). The largest absolute Gasteiger partial charge is 0.319 e. The molecule has 6 heteroatoms. The first kappa shape index (κ1) is 14.0. The van der Waals surface area contributed by atoms with Crippen LogP contribution in [0, 0.1) is 30.2 Å². The zero-order valence-corrected chi connectivity index (χ0v) is 10.3. The Balaban J connectivity index is 2.28. The summed E-state index contributed by atoms with van der Waals surface area (Å²) in [6.07, 6.45) is 0. The number of hydrogen-bond acceptors (Lipinski definition) is 1. The van der Waals surface area contributed by atoms with Crippen LogP contribution in [0.5, 0.6) is 0 Å². The van der Waals surface area contributed by atoms with Crippen LogP contribution < -0.4 is 5.32 Å². The SMILES string of the molecule is Cc1ccc(NC(=O)c2cc(F)c(F)c(F)c2)c(F)c1. The predicted molar refractivity (Wildman–Crippen MR) is 65.4 cm³/mol. The van der Waals surface area contributed by atoms with Crippen molar-refractivity contribution in [1.29, 1.82) is 0 Å². The fraction of sp³-hybridized carbons (Fsp3) is 0.0714. The number of nitrogens with one attached hydrogen (secondary N) is 1. The second-order valence-corrected chi connectivity index (χ2v) is 4.19. The normalized spacial score (nSPS) is 10.4. The Labute approximate surface area is 112 Å². The van der Waals surface area contributed by atoms with Crippen LogP contribution in [0.2, 0.25) is 0 Å². The third-order valence-corrected chi connectivity index (χ3v) is 2.62. The molecule has 0 aliphatic heterocycles. The van der Waals surface area contributed by atoms with Crippen molar-refractivity contribution in [2.45, 2.75) is 6.92 Å². The first-order valence-corrected chi connectivity index (χ1v) is 5.60. The highest BCUT2D eigenvalue weighted by atomic mass is 19.2. The Morgan fingerprint density at radius 1 is 0.950 bits per heavy atom. The lowest BCUT2D eigenvalue weighted by Crippen LogP contribution is -2.14. The highest BCUT2D eigenvalue weighted by Crippen LogP contribution is 2.18. The number of carbonyl (C=O) groups excluding carboxylic acids is 1. The van der Waals surface area contributed by atoms with Crippen molar-refractivity contribution in [3.8, 4) is 0 Å². The number of anilines is 1. The van der Waals surface area contributed by atoms with Crippen LogP contribution in [-0.2, 0) is 0 Å². The molecule has 0 aromatic heterocycles. The Kier molecular flexibility index (Phi) is 3.74. The van der Waals surface area contributed by atoms with Crippen LogP contribution in [0.25, 0.3) is 0 Å². The molecule has 0 aliphatic carbocycles. The van der Waals surface area contributed by atoms with Crippen LogP contribution in [-0.4, -0.2) is 5.91 Å². The second kappa shape index (κ2) is 5.32. The molecule has 104 valence electrons. The Bertz CT molecular complexity index is 662. The topological polar surface area (TPSA) is 29.1 Å². The molecule has 0 bridgehead atoms. The van der Waals surface area contributed by atoms with Gasteiger partial charge in [0.1, 0.15) is 5.82 Å². The molecule has 0 fully saturated rings. The number of carbonyl (C=O) groups is 1. The molecule has 0 radical (unpaired) electrons. The van der Waals surface area contributed by atoms with Crippen molar-refractivity contribution in [3.05, 3.63) is 64.7 Å². The van der Waals surface area contributed by atoms with Gasteiger partial charge >= 0.3 is 0 Å². The standard InChI is InChI=1S/C14H9F4NO/c1-7-2-3-12(9(15)4-7)19-14(20)8-5-10(16)13(18)11(17)6-8/h2-6H,1H3,(H,19,20). The van der Waals surface area contributed by atoms with Crippen LogP contribution in [0.1, 0.15) is 15.9 Å². The molecule has 0 aliphatic rings. The lowest BCUT2D eigenvalue weighted by molar-refractivity contribution is 0.102. The minimum atomic E-state index is -1.66. The number of amides is 1. The monoisotopic (exact) mass is 283 g/mol. The van der Waals surface area contributed by atoms with Gasteiger partial charge in [-0.1, -0.05) is 6.07 Å². The molecule has 0 saturated heterocycles. The van der Waals surface area contributed by atoms with Gasteiger partial charge in [0.25, 0.3) is 5.91 Å². The lowest BCUT2D eigenvalue weighted by Gasteiger charge is -2.07. The van der Waals surface area contributed by atoms with Crippen LogP contribution >= 0.6 is 0 Å². The predicted octanol–water partition coefficient (Wildman–Crippen LogP) is 3.80. The average Bonchev–Trinajstić information content (AvgIpc) is 2.38. The second-order valence-electron chi connectivity index (χ2n) is 4.19. The van der Waals surface area contributed by atoms with Crippen molar-refractivity contribution in [2.75, 3.05) is 5.32 Å². The summed E-state index contributed by atoms with van der Waals surface area (Å²) in [5.41, 5.74) is 0.0755. The maximum atomic E-state index is 13.5. The molecule has 1 N–H and O–H groups in total. The van der Waals surface area contributed by atoms with Crippen molar-refractivity contribution in [2.24, 2.45) is 0 Å². The molecule has 0 atom stereocenters. The van der Waals surface area contributed by atoms with Gasteiger partial charge in [0.2, 0.25) is 0 Å². The van der Waals surface area contributed by atoms with Gasteiger partial charge in [-0.3, -0.25) is 4.79 Å². The number of hydrogen-bond donors (Lipinski definition) is 1. The minimum Gasteiger partial charge on any atom is -0.319 e. The van der Waals surface area contributed by atoms with E-state index in [9.17, 15) is 22.4 Å². The molecule has 2 nitrogen and oxygen atoms in total. The molecule has 0 unspecified atom stereocenters. The van der Waals surface area contributed by atoms with E-state index < -0.39 is 34.7 Å². The molecule has 0 saturated carbocycles. The maximum absolute atomic E-state index is 13.5. The number of benzene rings is 2. The molecular weight excluding hydrogens is 274 g/mol. The molecule has 2 aromatic carbocycles. The van der Waals surface area contributed by atoms with E-state index in [1.807, 2.05) is 0 Å². The summed E-state index contributed by atoms with van der Waals surface area (Å²) in [7, 11) is 0. The zero-order valence-electron chi connectivity index (χ0n) is 10.3. The van der Waals surface area contributed by atoms with E-state index in [0.29, 0.717) is 17.7 Å². The highest BCUT2D eigenvalue weighted by Gasteiger charge is 2.16. The van der Waals surface area contributed by atoms with Crippen molar-refractivity contribution in [1.82, 2.24) is 0 Å². The summed E-state index contributed by atoms with van der Waals surface area (Å²) in [5, 5.41) is 2.16. The van der Waals surface area contributed by atoms with Gasteiger partial charge in [0, 0.05) is 5.56 Å². The fourth-order valence-corrected chi connectivity index (χ4v) is 1.60. The number of halogens is 4. The van der Waals surface area contributed by atoms with Crippen molar-refractivity contribution < 1.29 is 22.4 Å². The smallest absolute Gasteiger partial charge is 0.255 e. The molecule has 0 heterocycles. The third-order valence-electron chi connectivity index (χ3n) is 2.62. The fourth-order valence-electron chi connectivity index (χ4n) is 1.60. The van der Waals surface area contributed by atoms with E-state index in [0.717, 1.165) is 0 Å². The minimum absolute atomic E-state index is 0.134. The van der Waals surface area contributed by atoms with E-state index >= 15 is 0 Å². The van der Waals surface area contributed by atoms with Gasteiger partial charge in [-0.25, -0.2) is 17.6 Å². The number of aryl methyl sites for hydroxylation is 1. The van der Waals surface area contributed by atoms with Gasteiger partial charge in [-0.05, 0) is 36.8 Å². The average molecular weight is 283 g/mol. The van der Waals surface area contributed by atoms with Crippen LogP contribution in [0.3, 0.4) is 0 Å². The van der Waals surface area contributed by atoms with Gasteiger partial charge in [0.15, 0.2) is 17.5 Å². The summed E-state index contributed by atoms with van der Waals surface area (Å²) in [4.78, 5) is 11.7. The Hall–Kier alpha value is -2.37. The summed E-state index contributed by atoms with van der Waals surface area (Å²) < 4.78 is 52.3. The van der Waals surface area contributed by atoms with E-state index in [-0.39, 0.29) is 5.69 Å². The van der Waals surface area contributed by atoms with Crippen LogP contribution in [0.4, 0.5) is 23.2 Å². The summed E-state index contributed by atoms with van der Waals surface area (Å²) >= 11 is 0. The quantitative estimate of drug-likeness (QED) is 0.659. The maximum Gasteiger partial charge on any atom is 0.255 e. The molecule has 20 heavy (non-hydrogen) atoms. The van der Waals surface area contributed by atoms with Crippen LogP contribution in [0.15, 0.2) is 30.3 Å². The molecular formula is C14H9F4NO.